The van der Waals surface area contributed by atoms with Gasteiger partial charge in [0, 0.05) is 27.9 Å². The highest BCUT2D eigenvalue weighted by molar-refractivity contribution is 9.10. The highest BCUT2D eigenvalue weighted by Crippen LogP contribution is 2.67. The zero-order chi connectivity index (χ0) is 17.7. The van der Waals surface area contributed by atoms with Gasteiger partial charge < -0.3 is 23.8 Å². The molecular formula is C20H24BrNO4. The second kappa shape index (κ2) is 5.16. The lowest BCUT2D eigenvalue weighted by atomic mass is 9.50. The van der Waals surface area contributed by atoms with Crippen molar-refractivity contribution in [2.75, 3.05) is 33.9 Å². The first-order valence-corrected chi connectivity index (χ1v) is 10.4. The van der Waals surface area contributed by atoms with Crippen LogP contribution in [0.2, 0.25) is 0 Å². The summed E-state index contributed by atoms with van der Waals surface area (Å²) in [5, 5.41) is 0. The Labute approximate surface area is 162 Å². The quantitative estimate of drug-likeness (QED) is 0.696. The number of halogens is 1. The van der Waals surface area contributed by atoms with Crippen molar-refractivity contribution in [2.45, 2.75) is 49.0 Å². The van der Waals surface area contributed by atoms with Gasteiger partial charge in [-0.3, -0.25) is 0 Å². The first kappa shape index (κ1) is 16.2. The zero-order valence-corrected chi connectivity index (χ0v) is 16.8. The van der Waals surface area contributed by atoms with Crippen LogP contribution < -0.4 is 9.47 Å². The molecule has 2 aliphatic carbocycles. The van der Waals surface area contributed by atoms with Gasteiger partial charge in [-0.25, -0.2) is 0 Å². The van der Waals surface area contributed by atoms with Gasteiger partial charge >= 0.3 is 0 Å². The topological polar surface area (TPSA) is 40.2 Å². The Morgan fingerprint density at radius 1 is 1.27 bits per heavy atom. The molecule has 6 rings (SSSR count). The van der Waals surface area contributed by atoms with Gasteiger partial charge in [0.1, 0.15) is 0 Å². The lowest BCUT2D eigenvalue weighted by Gasteiger charge is -2.60. The predicted molar refractivity (Wildman–Crippen MR) is 98.9 cm³/mol. The number of ether oxygens (including phenoxy) is 4. The van der Waals surface area contributed by atoms with Crippen LogP contribution in [0.3, 0.4) is 0 Å². The molecule has 2 saturated heterocycles. The Bertz CT molecular complexity index is 793. The number of benzene rings is 1. The summed E-state index contributed by atoms with van der Waals surface area (Å²) in [5.41, 5.74) is 2.74. The monoisotopic (exact) mass is 421 g/mol. The van der Waals surface area contributed by atoms with Crippen molar-refractivity contribution in [3.63, 3.8) is 0 Å². The largest absolute Gasteiger partial charge is 0.493 e. The maximum Gasteiger partial charge on any atom is 0.206 e. The molecule has 6 heteroatoms. The molecule has 0 aromatic heterocycles. The van der Waals surface area contributed by atoms with E-state index >= 15 is 0 Å². The van der Waals surface area contributed by atoms with Gasteiger partial charge in [0.15, 0.2) is 17.6 Å². The number of likely N-dealkylation sites (tertiary alicyclic amines) is 1. The predicted octanol–water partition coefficient (Wildman–Crippen LogP) is 2.87. The summed E-state index contributed by atoms with van der Waals surface area (Å²) < 4.78 is 26.1. The molecule has 1 aromatic rings. The van der Waals surface area contributed by atoms with Crippen molar-refractivity contribution in [1.82, 2.24) is 4.90 Å². The van der Waals surface area contributed by atoms with Crippen LogP contribution in [0.4, 0.5) is 0 Å². The van der Waals surface area contributed by atoms with E-state index in [1.165, 1.54) is 11.1 Å². The Kier molecular flexibility index (Phi) is 3.21. The molecular weight excluding hydrogens is 398 g/mol. The van der Waals surface area contributed by atoms with Crippen LogP contribution in [0.15, 0.2) is 10.5 Å². The second-order valence-corrected chi connectivity index (χ2v) is 9.29. The average Bonchev–Trinajstić information content (AvgIpc) is 3.24. The number of nitrogens with zero attached hydrogens (tertiary/aromatic N) is 1. The van der Waals surface area contributed by atoms with E-state index in [0.29, 0.717) is 25.2 Å². The SMILES string of the molecule is COc1cc(Br)c2c3c1O[C@H]1C4(CC[C@H]5[C@@H](C2)N(C)CC[C@@]351)OCCO4. The minimum atomic E-state index is -0.595. The lowest BCUT2D eigenvalue weighted by Crippen LogP contribution is -2.70. The molecule has 2 spiro atoms. The van der Waals surface area contributed by atoms with Gasteiger partial charge in [-0.2, -0.15) is 0 Å². The minimum Gasteiger partial charge on any atom is -0.493 e. The third-order valence-corrected chi connectivity index (χ3v) is 8.36. The van der Waals surface area contributed by atoms with Gasteiger partial charge in [0.05, 0.1) is 20.3 Å². The van der Waals surface area contributed by atoms with Crippen LogP contribution in [-0.4, -0.2) is 56.7 Å². The fourth-order valence-electron chi connectivity index (χ4n) is 6.65. The smallest absolute Gasteiger partial charge is 0.206 e. The molecule has 26 heavy (non-hydrogen) atoms. The highest BCUT2D eigenvalue weighted by atomic mass is 79.9. The summed E-state index contributed by atoms with van der Waals surface area (Å²) in [5.74, 6) is 1.74. The fourth-order valence-corrected chi connectivity index (χ4v) is 7.22. The first-order valence-electron chi connectivity index (χ1n) is 9.65. The lowest BCUT2D eigenvalue weighted by molar-refractivity contribution is -0.260. The van der Waals surface area contributed by atoms with Crippen LogP contribution in [0.1, 0.15) is 30.4 Å². The Hall–Kier alpha value is -0.820. The Morgan fingerprint density at radius 3 is 2.85 bits per heavy atom. The van der Waals surface area contributed by atoms with Crippen LogP contribution in [0.5, 0.6) is 11.5 Å². The molecule has 4 atom stereocenters. The zero-order valence-electron chi connectivity index (χ0n) is 15.2. The van der Waals surface area contributed by atoms with E-state index in [-0.39, 0.29) is 11.5 Å². The van der Waals surface area contributed by atoms with E-state index in [0.717, 1.165) is 48.2 Å². The number of fused-ring (bicyclic) bond motifs is 1. The number of likely N-dealkylation sites (N-methyl/N-ethyl adjacent to an activating group) is 1. The Morgan fingerprint density at radius 2 is 2.08 bits per heavy atom. The molecule has 140 valence electrons. The molecule has 0 radical (unpaired) electrons. The van der Waals surface area contributed by atoms with Crippen LogP contribution in [0.25, 0.3) is 0 Å². The molecule has 1 saturated carbocycles. The summed E-state index contributed by atoms with van der Waals surface area (Å²) in [6, 6.07) is 2.62. The van der Waals surface area contributed by atoms with Crippen molar-refractivity contribution in [3.05, 3.63) is 21.7 Å². The van der Waals surface area contributed by atoms with E-state index in [1.807, 2.05) is 0 Å². The van der Waals surface area contributed by atoms with Gasteiger partial charge in [0.25, 0.3) is 0 Å². The maximum atomic E-state index is 6.71. The second-order valence-electron chi connectivity index (χ2n) is 8.44. The molecule has 5 aliphatic rings. The van der Waals surface area contributed by atoms with Gasteiger partial charge in [0.2, 0.25) is 5.79 Å². The summed E-state index contributed by atoms with van der Waals surface area (Å²) in [7, 11) is 4.00. The van der Waals surface area contributed by atoms with E-state index in [4.69, 9.17) is 18.9 Å². The molecule has 3 heterocycles. The van der Waals surface area contributed by atoms with Crippen molar-refractivity contribution >= 4 is 15.9 Å². The minimum absolute atomic E-state index is 0.0280. The molecule has 3 aliphatic heterocycles. The maximum absolute atomic E-state index is 6.71. The van der Waals surface area contributed by atoms with E-state index in [1.54, 1.807) is 7.11 Å². The number of piperidine rings is 1. The molecule has 2 bridgehead atoms. The van der Waals surface area contributed by atoms with E-state index in [9.17, 15) is 0 Å². The third-order valence-electron chi connectivity index (χ3n) is 7.65. The molecule has 0 amide bonds. The summed E-state index contributed by atoms with van der Waals surface area (Å²) >= 11 is 3.83. The van der Waals surface area contributed by atoms with Crippen LogP contribution in [0, 0.1) is 5.92 Å². The number of hydrogen-bond donors (Lipinski definition) is 0. The average molecular weight is 422 g/mol. The van der Waals surface area contributed by atoms with Crippen molar-refractivity contribution in [1.29, 1.82) is 0 Å². The fraction of sp³-hybridized carbons (Fsp3) is 0.700. The van der Waals surface area contributed by atoms with Gasteiger partial charge in [-0.15, -0.1) is 0 Å². The van der Waals surface area contributed by atoms with Crippen molar-refractivity contribution in [3.8, 4) is 11.5 Å². The van der Waals surface area contributed by atoms with E-state index < -0.39 is 5.79 Å². The normalized spacial score (nSPS) is 39.0. The van der Waals surface area contributed by atoms with Crippen molar-refractivity contribution < 1.29 is 18.9 Å². The van der Waals surface area contributed by atoms with Gasteiger partial charge in [-0.1, -0.05) is 15.9 Å². The van der Waals surface area contributed by atoms with Crippen LogP contribution in [-0.2, 0) is 21.3 Å². The molecule has 3 fully saturated rings. The Balaban J connectivity index is 1.64. The number of hydrogen-bond acceptors (Lipinski definition) is 5. The molecule has 5 nitrogen and oxygen atoms in total. The summed E-state index contributed by atoms with van der Waals surface area (Å²) in [6.07, 6.45) is 4.12. The van der Waals surface area contributed by atoms with Crippen molar-refractivity contribution in [2.24, 2.45) is 5.92 Å². The highest BCUT2D eigenvalue weighted by Gasteiger charge is 2.71. The summed E-state index contributed by atoms with van der Waals surface area (Å²) in [6.45, 7) is 2.41. The summed E-state index contributed by atoms with van der Waals surface area (Å²) in [4.78, 5) is 2.55. The standard InChI is InChI=1S/C20H24BrNO4/c1-22-6-5-19-12-3-4-20(24-7-8-25-20)18(19)26-17-15(23-2)10-13(21)11(16(17)19)9-14(12)22/h10,12,14,18H,3-9H2,1-2H3/t12-,14+,18+,19-/m0/s1. The van der Waals surface area contributed by atoms with Crippen LogP contribution >= 0.6 is 15.9 Å². The number of rotatable bonds is 1. The first-order chi connectivity index (χ1) is 12.6. The van der Waals surface area contributed by atoms with E-state index in [2.05, 4.69) is 33.9 Å². The molecule has 0 unspecified atom stereocenters. The number of methoxy groups -OCH3 is 1. The third kappa shape index (κ3) is 1.69. The molecule has 0 N–H and O–H groups in total. The molecule has 1 aromatic carbocycles. The van der Waals surface area contributed by atoms with Gasteiger partial charge in [-0.05, 0) is 50.4 Å².